The number of hydrazine groups is 1. The SMILES string of the molecule is CC(C)CN(NC=O)S(C)=O. The molecule has 1 unspecified atom stereocenters. The van der Waals surface area contributed by atoms with Crippen molar-refractivity contribution in [3.63, 3.8) is 0 Å². The highest BCUT2D eigenvalue weighted by Crippen LogP contribution is 1.96. The summed E-state index contributed by atoms with van der Waals surface area (Å²) < 4.78 is 12.3. The van der Waals surface area contributed by atoms with Crippen LogP contribution in [0.5, 0.6) is 0 Å². The summed E-state index contributed by atoms with van der Waals surface area (Å²) in [7, 11) is -1.13. The van der Waals surface area contributed by atoms with Crippen LogP contribution in [-0.4, -0.2) is 27.8 Å². The van der Waals surface area contributed by atoms with E-state index in [-0.39, 0.29) is 0 Å². The van der Waals surface area contributed by atoms with Crippen molar-refractivity contribution in [1.29, 1.82) is 0 Å². The second kappa shape index (κ2) is 5.26. The van der Waals surface area contributed by atoms with Gasteiger partial charge in [0.15, 0.2) is 0 Å². The molecule has 0 aromatic heterocycles. The molecule has 0 saturated heterocycles. The Morgan fingerprint density at radius 1 is 1.64 bits per heavy atom. The number of carbonyl (C=O) groups excluding carboxylic acids is 1. The van der Waals surface area contributed by atoms with Gasteiger partial charge in [-0.1, -0.05) is 13.8 Å². The maximum absolute atomic E-state index is 10.9. The van der Waals surface area contributed by atoms with E-state index in [1.54, 1.807) is 0 Å². The van der Waals surface area contributed by atoms with Crippen molar-refractivity contribution in [2.75, 3.05) is 12.8 Å². The van der Waals surface area contributed by atoms with Gasteiger partial charge in [-0.05, 0) is 5.92 Å². The number of rotatable bonds is 5. The monoisotopic (exact) mass is 178 g/mol. The molecule has 4 nitrogen and oxygen atoms in total. The maximum Gasteiger partial charge on any atom is 0.222 e. The summed E-state index contributed by atoms with van der Waals surface area (Å²) in [6.45, 7) is 4.58. The van der Waals surface area contributed by atoms with E-state index in [9.17, 15) is 9.00 Å². The first-order chi connectivity index (χ1) is 5.07. The summed E-state index contributed by atoms with van der Waals surface area (Å²) in [5.41, 5.74) is 2.37. The lowest BCUT2D eigenvalue weighted by molar-refractivity contribution is -0.112. The molecule has 1 amide bonds. The van der Waals surface area contributed by atoms with Crippen molar-refractivity contribution in [2.24, 2.45) is 5.92 Å². The molecule has 1 N–H and O–H groups in total. The van der Waals surface area contributed by atoms with E-state index in [4.69, 9.17) is 0 Å². The van der Waals surface area contributed by atoms with Crippen LogP contribution in [0.1, 0.15) is 13.8 Å². The Kier molecular flexibility index (Phi) is 5.06. The van der Waals surface area contributed by atoms with E-state index >= 15 is 0 Å². The number of hydrogen-bond donors (Lipinski definition) is 1. The van der Waals surface area contributed by atoms with Crippen molar-refractivity contribution < 1.29 is 9.00 Å². The first kappa shape index (κ1) is 10.6. The molecule has 0 spiro atoms. The third-order valence-corrected chi connectivity index (χ3v) is 1.91. The van der Waals surface area contributed by atoms with Gasteiger partial charge in [-0.2, -0.15) is 0 Å². The summed E-state index contributed by atoms with van der Waals surface area (Å²) in [6, 6.07) is 0. The van der Waals surface area contributed by atoms with Crippen LogP contribution >= 0.6 is 0 Å². The maximum atomic E-state index is 10.9. The molecular weight excluding hydrogens is 164 g/mol. The minimum absolute atomic E-state index is 0.381. The van der Waals surface area contributed by atoms with Crippen LogP contribution in [-0.2, 0) is 15.8 Å². The molecule has 0 aliphatic rings. The minimum atomic E-state index is -1.13. The van der Waals surface area contributed by atoms with Gasteiger partial charge in [-0.25, -0.2) is 4.21 Å². The van der Waals surface area contributed by atoms with Gasteiger partial charge in [-0.15, -0.1) is 4.41 Å². The predicted octanol–water partition coefficient (Wildman–Crippen LogP) is -0.101. The standard InChI is InChI=1S/C6H14N2O2S/c1-6(2)4-8(7-5-9)11(3)10/h5-6H,4H2,1-3H3,(H,7,9). The fourth-order valence-electron chi connectivity index (χ4n) is 0.622. The lowest BCUT2D eigenvalue weighted by atomic mass is 10.2. The second-order valence-corrected chi connectivity index (χ2v) is 3.91. The van der Waals surface area contributed by atoms with Gasteiger partial charge in [0.25, 0.3) is 0 Å². The molecular formula is C6H14N2O2S. The Morgan fingerprint density at radius 2 is 2.18 bits per heavy atom. The Labute approximate surface area is 69.5 Å². The number of amides is 1. The molecule has 0 saturated carbocycles. The quantitative estimate of drug-likeness (QED) is 0.472. The van der Waals surface area contributed by atoms with Crippen molar-refractivity contribution in [2.45, 2.75) is 13.8 Å². The fourth-order valence-corrected chi connectivity index (χ4v) is 1.32. The van der Waals surface area contributed by atoms with Crippen LogP contribution in [0.3, 0.4) is 0 Å². The highest BCUT2D eigenvalue weighted by molar-refractivity contribution is 7.81. The lowest BCUT2D eigenvalue weighted by Gasteiger charge is -2.18. The summed E-state index contributed by atoms with van der Waals surface area (Å²) in [5.74, 6) is 0.381. The van der Waals surface area contributed by atoms with Crippen LogP contribution in [0.2, 0.25) is 0 Å². The van der Waals surface area contributed by atoms with Gasteiger partial charge in [0.05, 0.1) is 0 Å². The molecule has 0 bridgehead atoms. The van der Waals surface area contributed by atoms with Gasteiger partial charge < -0.3 is 0 Å². The third kappa shape index (κ3) is 4.92. The van der Waals surface area contributed by atoms with Crippen molar-refractivity contribution in [3.05, 3.63) is 0 Å². The summed E-state index contributed by atoms with van der Waals surface area (Å²) in [5, 5.41) is 0. The average Bonchev–Trinajstić information content (AvgIpc) is 1.86. The first-order valence-electron chi connectivity index (χ1n) is 3.38. The van der Waals surface area contributed by atoms with E-state index in [0.717, 1.165) is 0 Å². The summed E-state index contributed by atoms with van der Waals surface area (Å²) >= 11 is 0. The van der Waals surface area contributed by atoms with Crippen molar-refractivity contribution in [3.8, 4) is 0 Å². The van der Waals surface area contributed by atoms with E-state index in [1.807, 2.05) is 13.8 Å². The van der Waals surface area contributed by atoms with Gasteiger partial charge >= 0.3 is 0 Å². The van der Waals surface area contributed by atoms with Gasteiger partial charge in [0, 0.05) is 12.8 Å². The summed E-state index contributed by atoms with van der Waals surface area (Å²) in [6.07, 6.45) is 2.06. The Bertz CT molecular complexity index is 150. The fraction of sp³-hybridized carbons (Fsp3) is 0.833. The Morgan fingerprint density at radius 3 is 2.45 bits per heavy atom. The van der Waals surface area contributed by atoms with Crippen LogP contribution in [0.15, 0.2) is 0 Å². The van der Waals surface area contributed by atoms with Crippen LogP contribution in [0.25, 0.3) is 0 Å². The van der Waals surface area contributed by atoms with Crippen molar-refractivity contribution >= 4 is 17.4 Å². The van der Waals surface area contributed by atoms with E-state index < -0.39 is 11.0 Å². The first-order valence-corrected chi connectivity index (χ1v) is 4.90. The molecule has 66 valence electrons. The lowest BCUT2D eigenvalue weighted by Crippen LogP contribution is -2.40. The van der Waals surface area contributed by atoms with Gasteiger partial charge in [0.1, 0.15) is 11.0 Å². The Balaban J connectivity index is 3.88. The number of carbonyl (C=O) groups is 1. The van der Waals surface area contributed by atoms with Gasteiger partial charge in [-0.3, -0.25) is 10.2 Å². The number of nitrogens with one attached hydrogen (secondary N) is 1. The number of hydrogen-bond acceptors (Lipinski definition) is 2. The molecule has 0 heterocycles. The molecule has 1 atom stereocenters. The molecule has 0 aliphatic heterocycles. The topological polar surface area (TPSA) is 49.4 Å². The zero-order chi connectivity index (χ0) is 8.85. The zero-order valence-corrected chi connectivity index (χ0v) is 7.85. The van der Waals surface area contributed by atoms with Crippen LogP contribution in [0, 0.1) is 5.92 Å². The Hall–Kier alpha value is -0.420. The molecule has 5 heteroatoms. The number of nitrogens with zero attached hydrogens (tertiary/aromatic N) is 1. The normalized spacial score (nSPS) is 13.5. The smallest absolute Gasteiger partial charge is 0.222 e. The zero-order valence-electron chi connectivity index (χ0n) is 7.03. The van der Waals surface area contributed by atoms with Gasteiger partial charge in [0.2, 0.25) is 6.41 Å². The molecule has 0 rings (SSSR count). The average molecular weight is 178 g/mol. The second-order valence-electron chi connectivity index (χ2n) is 2.63. The molecule has 0 radical (unpaired) electrons. The van der Waals surface area contributed by atoms with E-state index in [0.29, 0.717) is 18.9 Å². The highest BCUT2D eigenvalue weighted by atomic mass is 32.2. The largest absolute Gasteiger partial charge is 0.280 e. The predicted molar refractivity (Wildman–Crippen MR) is 44.8 cm³/mol. The van der Waals surface area contributed by atoms with Crippen LogP contribution < -0.4 is 5.43 Å². The molecule has 0 fully saturated rings. The molecule has 0 aliphatic carbocycles. The summed E-state index contributed by atoms with van der Waals surface area (Å²) in [4.78, 5) is 10.0. The van der Waals surface area contributed by atoms with Crippen molar-refractivity contribution in [1.82, 2.24) is 9.84 Å². The van der Waals surface area contributed by atoms with E-state index in [2.05, 4.69) is 5.43 Å². The minimum Gasteiger partial charge on any atom is -0.280 e. The molecule has 11 heavy (non-hydrogen) atoms. The van der Waals surface area contributed by atoms with E-state index in [1.165, 1.54) is 10.7 Å². The third-order valence-electron chi connectivity index (χ3n) is 1.04. The van der Waals surface area contributed by atoms with Crippen LogP contribution in [0.4, 0.5) is 0 Å². The molecule has 0 aromatic carbocycles. The molecule has 0 aromatic rings. The highest BCUT2D eigenvalue weighted by Gasteiger charge is 2.08.